The van der Waals surface area contributed by atoms with Gasteiger partial charge >= 0.3 is 0 Å². The van der Waals surface area contributed by atoms with E-state index >= 15 is 0 Å². The topological polar surface area (TPSA) is 27.6 Å². The Labute approximate surface area is 89.8 Å². The minimum atomic E-state index is 0.989. The van der Waals surface area contributed by atoms with E-state index in [0.29, 0.717) is 0 Å². The summed E-state index contributed by atoms with van der Waals surface area (Å²) in [6, 6.07) is 8.62. The van der Waals surface area contributed by atoms with Gasteiger partial charge in [0.2, 0.25) is 0 Å². The molecule has 0 amide bonds. The van der Waals surface area contributed by atoms with Crippen molar-refractivity contribution in [2.75, 3.05) is 6.54 Å². The van der Waals surface area contributed by atoms with Crippen LogP contribution in [0.1, 0.15) is 24.0 Å². The molecule has 0 atom stereocenters. The summed E-state index contributed by atoms with van der Waals surface area (Å²) in [5, 5.41) is 2.24. The maximum absolute atomic E-state index is 4.43. The fourth-order valence-corrected chi connectivity index (χ4v) is 2.23. The van der Waals surface area contributed by atoms with Crippen molar-refractivity contribution in [2.45, 2.75) is 25.9 Å². The number of nitrogens with one attached hydrogen (secondary N) is 1. The summed E-state index contributed by atoms with van der Waals surface area (Å²) in [5.41, 5.74) is 6.28. The van der Waals surface area contributed by atoms with Crippen LogP contribution < -0.4 is 5.43 Å². The van der Waals surface area contributed by atoms with E-state index in [1.165, 1.54) is 17.5 Å². The summed E-state index contributed by atoms with van der Waals surface area (Å²) in [5.74, 6) is 1.16. The second kappa shape index (κ2) is 3.66. The minimum Gasteiger partial charge on any atom is -0.306 e. The van der Waals surface area contributed by atoms with Crippen molar-refractivity contribution in [2.24, 2.45) is 4.99 Å². The zero-order valence-corrected chi connectivity index (χ0v) is 8.74. The van der Waals surface area contributed by atoms with Crippen LogP contribution in [0.3, 0.4) is 0 Å². The molecule has 0 spiro atoms. The van der Waals surface area contributed by atoms with E-state index in [2.05, 4.69) is 39.7 Å². The van der Waals surface area contributed by atoms with E-state index < -0.39 is 0 Å². The second-order valence-corrected chi connectivity index (χ2v) is 4.17. The van der Waals surface area contributed by atoms with E-state index in [1.54, 1.807) is 0 Å². The Hall–Kier alpha value is -1.35. The van der Waals surface area contributed by atoms with Crippen molar-refractivity contribution in [1.29, 1.82) is 0 Å². The van der Waals surface area contributed by atoms with Gasteiger partial charge in [0.1, 0.15) is 5.84 Å². The van der Waals surface area contributed by atoms with Gasteiger partial charge in [-0.15, -0.1) is 0 Å². The molecule has 3 nitrogen and oxygen atoms in total. The average molecular weight is 201 g/mol. The zero-order chi connectivity index (χ0) is 10.1. The van der Waals surface area contributed by atoms with Crippen LogP contribution in [-0.4, -0.2) is 17.4 Å². The fraction of sp³-hybridized carbons (Fsp3) is 0.417. The SMILES string of the molecule is c1ccc2c(c1)CN(NC1=NCCC1)C2. The van der Waals surface area contributed by atoms with Gasteiger partial charge < -0.3 is 5.43 Å². The van der Waals surface area contributed by atoms with Crippen LogP contribution in [0, 0.1) is 0 Å². The Balaban J connectivity index is 1.68. The maximum atomic E-state index is 4.43. The van der Waals surface area contributed by atoms with E-state index in [0.717, 1.165) is 31.9 Å². The highest BCUT2D eigenvalue weighted by molar-refractivity contribution is 5.83. The molecule has 0 radical (unpaired) electrons. The maximum Gasteiger partial charge on any atom is 0.111 e. The Morgan fingerprint density at radius 1 is 1.13 bits per heavy atom. The largest absolute Gasteiger partial charge is 0.306 e. The monoisotopic (exact) mass is 201 g/mol. The number of hydrogen-bond acceptors (Lipinski definition) is 3. The van der Waals surface area contributed by atoms with Crippen molar-refractivity contribution < 1.29 is 0 Å². The molecule has 1 N–H and O–H groups in total. The second-order valence-electron chi connectivity index (χ2n) is 4.17. The lowest BCUT2D eigenvalue weighted by atomic mass is 10.1. The number of hydrazine groups is 1. The third-order valence-corrected chi connectivity index (χ3v) is 3.00. The smallest absolute Gasteiger partial charge is 0.111 e. The van der Waals surface area contributed by atoms with Gasteiger partial charge in [-0.3, -0.25) is 4.99 Å². The molecule has 2 heterocycles. The molecule has 2 aliphatic rings. The van der Waals surface area contributed by atoms with Crippen LogP contribution in [0.4, 0.5) is 0 Å². The Morgan fingerprint density at radius 3 is 2.47 bits per heavy atom. The van der Waals surface area contributed by atoms with E-state index in [9.17, 15) is 0 Å². The zero-order valence-electron chi connectivity index (χ0n) is 8.74. The lowest BCUT2D eigenvalue weighted by Gasteiger charge is -2.17. The lowest BCUT2D eigenvalue weighted by Crippen LogP contribution is -2.37. The molecule has 2 aliphatic heterocycles. The molecule has 0 fully saturated rings. The van der Waals surface area contributed by atoms with Crippen LogP contribution in [0.5, 0.6) is 0 Å². The summed E-state index contributed by atoms with van der Waals surface area (Å²) in [6.07, 6.45) is 2.30. The van der Waals surface area contributed by atoms with Gasteiger partial charge in [-0.1, -0.05) is 24.3 Å². The first-order chi connectivity index (χ1) is 7.42. The van der Waals surface area contributed by atoms with Gasteiger partial charge in [-0.25, -0.2) is 5.01 Å². The van der Waals surface area contributed by atoms with Crippen LogP contribution in [0.25, 0.3) is 0 Å². The van der Waals surface area contributed by atoms with E-state index in [1.807, 2.05) is 0 Å². The van der Waals surface area contributed by atoms with Crippen molar-refractivity contribution in [1.82, 2.24) is 10.4 Å². The van der Waals surface area contributed by atoms with E-state index in [4.69, 9.17) is 0 Å². The first kappa shape index (κ1) is 8.92. The average Bonchev–Trinajstić information content (AvgIpc) is 2.86. The standard InChI is InChI=1S/C12H15N3/c1-2-5-11-9-15(8-10(11)4-1)14-12-6-3-7-13-12/h1-2,4-5H,3,6-9H2,(H,13,14). The first-order valence-corrected chi connectivity index (χ1v) is 5.53. The minimum absolute atomic E-state index is 0.989. The summed E-state index contributed by atoms with van der Waals surface area (Å²) >= 11 is 0. The molecular weight excluding hydrogens is 186 g/mol. The molecule has 0 saturated heterocycles. The molecule has 1 aromatic rings. The summed E-state index contributed by atoms with van der Waals surface area (Å²) in [7, 11) is 0. The number of nitrogens with zero attached hydrogens (tertiary/aromatic N) is 2. The van der Waals surface area contributed by atoms with Crippen LogP contribution in [0.15, 0.2) is 29.3 Å². The van der Waals surface area contributed by atoms with Crippen LogP contribution in [0.2, 0.25) is 0 Å². The number of hydrogen-bond donors (Lipinski definition) is 1. The van der Waals surface area contributed by atoms with Crippen molar-refractivity contribution >= 4 is 5.84 Å². The van der Waals surface area contributed by atoms with Gasteiger partial charge in [0.05, 0.1) is 0 Å². The molecule has 0 aromatic heterocycles. The highest BCUT2D eigenvalue weighted by Gasteiger charge is 2.19. The summed E-state index contributed by atoms with van der Waals surface area (Å²) in [4.78, 5) is 4.43. The number of fused-ring (bicyclic) bond motifs is 1. The molecule has 3 rings (SSSR count). The normalized spacial score (nSPS) is 20.1. The molecule has 0 unspecified atom stereocenters. The third-order valence-electron chi connectivity index (χ3n) is 3.00. The molecule has 0 aliphatic carbocycles. The third kappa shape index (κ3) is 1.75. The summed E-state index contributed by atoms with van der Waals surface area (Å²) < 4.78 is 0. The molecule has 3 heteroatoms. The van der Waals surface area contributed by atoms with Gasteiger partial charge in [-0.2, -0.15) is 0 Å². The summed E-state index contributed by atoms with van der Waals surface area (Å²) in [6.45, 7) is 2.98. The van der Waals surface area contributed by atoms with Crippen molar-refractivity contribution in [3.05, 3.63) is 35.4 Å². The highest BCUT2D eigenvalue weighted by atomic mass is 15.5. The lowest BCUT2D eigenvalue weighted by molar-refractivity contribution is 0.240. The van der Waals surface area contributed by atoms with E-state index in [-0.39, 0.29) is 0 Å². The quantitative estimate of drug-likeness (QED) is 0.749. The predicted octanol–water partition coefficient (Wildman–Crippen LogP) is 1.70. The Bertz CT molecular complexity index is 373. The molecule has 1 aromatic carbocycles. The van der Waals surface area contributed by atoms with Gasteiger partial charge in [0.15, 0.2) is 0 Å². The Morgan fingerprint density at radius 2 is 1.87 bits per heavy atom. The number of aliphatic imine (C=N–C) groups is 1. The number of rotatable bonds is 1. The Kier molecular flexibility index (Phi) is 2.18. The molecular formula is C12H15N3. The van der Waals surface area contributed by atoms with Gasteiger partial charge in [-0.05, 0) is 17.5 Å². The fourth-order valence-electron chi connectivity index (χ4n) is 2.23. The van der Waals surface area contributed by atoms with Crippen molar-refractivity contribution in [3.63, 3.8) is 0 Å². The molecule has 0 saturated carbocycles. The van der Waals surface area contributed by atoms with Gasteiger partial charge in [0, 0.05) is 26.1 Å². The van der Waals surface area contributed by atoms with Crippen molar-refractivity contribution in [3.8, 4) is 0 Å². The molecule has 15 heavy (non-hydrogen) atoms. The predicted molar refractivity (Wildman–Crippen MR) is 60.4 cm³/mol. The number of benzene rings is 1. The molecule has 78 valence electrons. The van der Waals surface area contributed by atoms with Crippen LogP contribution in [-0.2, 0) is 13.1 Å². The highest BCUT2D eigenvalue weighted by Crippen LogP contribution is 2.20. The van der Waals surface area contributed by atoms with Crippen LogP contribution >= 0.6 is 0 Å². The van der Waals surface area contributed by atoms with Gasteiger partial charge in [0.25, 0.3) is 0 Å². The number of amidine groups is 1. The first-order valence-electron chi connectivity index (χ1n) is 5.53. The molecule has 0 bridgehead atoms.